The zero-order valence-electron chi connectivity index (χ0n) is 16.0. The molecular weight excluding hydrogens is 348 g/mol. The number of para-hydroxylation sites is 1. The summed E-state index contributed by atoms with van der Waals surface area (Å²) in [5, 5.41) is 11.0. The number of hydrogen-bond donors (Lipinski definition) is 2. The molecule has 1 aromatic carbocycles. The maximum absolute atomic E-state index is 12.8. The molecule has 0 atom stereocenters. The molecule has 0 aliphatic heterocycles. The van der Waals surface area contributed by atoms with Crippen molar-refractivity contribution in [2.75, 3.05) is 11.9 Å². The Morgan fingerprint density at radius 2 is 1.96 bits per heavy atom. The predicted molar refractivity (Wildman–Crippen MR) is 108 cm³/mol. The second-order valence-corrected chi connectivity index (χ2v) is 7.70. The summed E-state index contributed by atoms with van der Waals surface area (Å²) in [6.07, 6.45) is 2.38. The van der Waals surface area contributed by atoms with Crippen LogP contribution >= 0.6 is 12.4 Å². The Bertz CT molecular complexity index is 759. The minimum absolute atomic E-state index is 0. The van der Waals surface area contributed by atoms with Crippen molar-refractivity contribution >= 4 is 24.0 Å². The summed E-state index contributed by atoms with van der Waals surface area (Å²) in [6, 6.07) is 9.86. The van der Waals surface area contributed by atoms with Gasteiger partial charge in [-0.25, -0.2) is 0 Å². The standard InChI is InChI=1S/C20H28N4O.ClH/c1-5-21-13-15-8-6-7-9-16(15)22-19(25)17-12-18(14-10-11-14)24(23-17)20(2,3)4;/h6-9,12,14,21H,5,10-11,13H2,1-4H3,(H,22,25);1H. The molecule has 26 heavy (non-hydrogen) atoms. The Morgan fingerprint density at radius 3 is 2.58 bits per heavy atom. The lowest BCUT2D eigenvalue weighted by atomic mass is 10.1. The molecule has 1 heterocycles. The van der Waals surface area contributed by atoms with Crippen LogP contribution in [0.3, 0.4) is 0 Å². The minimum atomic E-state index is -0.145. The van der Waals surface area contributed by atoms with Crippen molar-refractivity contribution in [1.82, 2.24) is 15.1 Å². The molecule has 0 unspecified atom stereocenters. The number of halogens is 1. The molecule has 1 aliphatic carbocycles. The number of nitrogens with one attached hydrogen (secondary N) is 2. The molecule has 3 rings (SSSR count). The topological polar surface area (TPSA) is 58.9 Å². The average molecular weight is 377 g/mol. The van der Waals surface area contributed by atoms with Gasteiger partial charge in [0.25, 0.3) is 5.91 Å². The van der Waals surface area contributed by atoms with E-state index in [4.69, 9.17) is 0 Å². The third-order valence-electron chi connectivity index (χ3n) is 4.43. The Balaban J connectivity index is 0.00000243. The summed E-state index contributed by atoms with van der Waals surface area (Å²) in [4.78, 5) is 12.8. The smallest absolute Gasteiger partial charge is 0.276 e. The van der Waals surface area contributed by atoms with Gasteiger partial charge in [0.05, 0.1) is 5.54 Å². The van der Waals surface area contributed by atoms with Gasteiger partial charge in [-0.15, -0.1) is 12.4 Å². The summed E-state index contributed by atoms with van der Waals surface area (Å²) in [6.45, 7) is 10.1. The molecule has 0 radical (unpaired) electrons. The first-order chi connectivity index (χ1) is 11.9. The summed E-state index contributed by atoms with van der Waals surface area (Å²) >= 11 is 0. The van der Waals surface area contributed by atoms with Crippen LogP contribution in [-0.2, 0) is 12.1 Å². The second kappa shape index (κ2) is 8.23. The number of anilines is 1. The molecule has 5 nitrogen and oxygen atoms in total. The van der Waals surface area contributed by atoms with Gasteiger partial charge in [-0.1, -0.05) is 25.1 Å². The zero-order chi connectivity index (χ0) is 18.0. The zero-order valence-corrected chi connectivity index (χ0v) is 16.8. The molecule has 0 saturated heterocycles. The fourth-order valence-corrected chi connectivity index (χ4v) is 2.96. The average Bonchev–Trinajstić information content (AvgIpc) is 3.30. The van der Waals surface area contributed by atoms with Crippen molar-refractivity contribution in [3.8, 4) is 0 Å². The Labute approximate surface area is 162 Å². The van der Waals surface area contributed by atoms with E-state index in [-0.39, 0.29) is 23.9 Å². The van der Waals surface area contributed by atoms with Crippen molar-refractivity contribution in [2.45, 2.75) is 58.5 Å². The van der Waals surface area contributed by atoms with E-state index in [2.05, 4.69) is 43.4 Å². The maximum Gasteiger partial charge on any atom is 0.276 e. The first kappa shape index (κ1) is 20.5. The van der Waals surface area contributed by atoms with Crippen molar-refractivity contribution in [3.63, 3.8) is 0 Å². The highest BCUT2D eigenvalue weighted by Gasteiger charge is 2.32. The van der Waals surface area contributed by atoms with Crippen molar-refractivity contribution in [1.29, 1.82) is 0 Å². The van der Waals surface area contributed by atoms with Crippen LogP contribution in [0.15, 0.2) is 30.3 Å². The Morgan fingerprint density at radius 1 is 1.27 bits per heavy atom. The van der Waals surface area contributed by atoms with Gasteiger partial charge in [0, 0.05) is 23.8 Å². The van der Waals surface area contributed by atoms with E-state index in [0.717, 1.165) is 24.3 Å². The van der Waals surface area contributed by atoms with E-state index >= 15 is 0 Å². The van der Waals surface area contributed by atoms with Crippen LogP contribution < -0.4 is 10.6 Å². The summed E-state index contributed by atoms with van der Waals surface area (Å²) < 4.78 is 2.02. The van der Waals surface area contributed by atoms with Crippen molar-refractivity contribution in [3.05, 3.63) is 47.3 Å². The highest BCUT2D eigenvalue weighted by molar-refractivity contribution is 6.03. The highest BCUT2D eigenvalue weighted by atomic mass is 35.5. The van der Waals surface area contributed by atoms with Gasteiger partial charge in [-0.2, -0.15) is 5.10 Å². The fourth-order valence-electron chi connectivity index (χ4n) is 2.96. The van der Waals surface area contributed by atoms with Crippen LogP contribution in [0, 0.1) is 0 Å². The third-order valence-corrected chi connectivity index (χ3v) is 4.43. The predicted octanol–water partition coefficient (Wildman–Crippen LogP) is 4.30. The lowest BCUT2D eigenvalue weighted by molar-refractivity contribution is 0.102. The molecule has 1 saturated carbocycles. The molecule has 0 spiro atoms. The van der Waals surface area contributed by atoms with E-state index in [0.29, 0.717) is 11.6 Å². The van der Waals surface area contributed by atoms with Gasteiger partial charge < -0.3 is 10.6 Å². The normalized spacial score (nSPS) is 14.0. The number of carbonyl (C=O) groups excluding carboxylic acids is 1. The number of benzene rings is 1. The molecule has 2 N–H and O–H groups in total. The number of aromatic nitrogens is 2. The Hall–Kier alpha value is -1.85. The van der Waals surface area contributed by atoms with Gasteiger partial charge in [-0.05, 0) is 57.9 Å². The van der Waals surface area contributed by atoms with Crippen LogP contribution in [-0.4, -0.2) is 22.2 Å². The van der Waals surface area contributed by atoms with Crippen LogP contribution in [0.25, 0.3) is 0 Å². The Kier molecular flexibility index (Phi) is 6.48. The van der Waals surface area contributed by atoms with Crippen LogP contribution in [0.2, 0.25) is 0 Å². The van der Waals surface area contributed by atoms with Gasteiger partial charge in [-0.3, -0.25) is 9.48 Å². The van der Waals surface area contributed by atoms with E-state index in [1.807, 2.05) is 35.0 Å². The molecule has 2 aromatic rings. The highest BCUT2D eigenvalue weighted by Crippen LogP contribution is 2.41. The summed E-state index contributed by atoms with van der Waals surface area (Å²) in [5.41, 5.74) is 3.47. The third kappa shape index (κ3) is 4.65. The first-order valence-electron chi connectivity index (χ1n) is 9.10. The number of carbonyl (C=O) groups is 1. The lowest BCUT2D eigenvalue weighted by Crippen LogP contribution is -2.26. The van der Waals surface area contributed by atoms with E-state index in [9.17, 15) is 4.79 Å². The molecule has 1 aliphatic rings. The van der Waals surface area contributed by atoms with Gasteiger partial charge in [0.1, 0.15) is 0 Å². The van der Waals surface area contributed by atoms with Crippen LogP contribution in [0.5, 0.6) is 0 Å². The monoisotopic (exact) mass is 376 g/mol. The van der Waals surface area contributed by atoms with Crippen LogP contribution in [0.1, 0.15) is 68.2 Å². The maximum atomic E-state index is 12.8. The quantitative estimate of drug-likeness (QED) is 0.790. The number of nitrogens with zero attached hydrogens (tertiary/aromatic N) is 2. The molecule has 1 aromatic heterocycles. The largest absolute Gasteiger partial charge is 0.320 e. The summed E-state index contributed by atoms with van der Waals surface area (Å²) in [5.74, 6) is 0.406. The number of hydrogen-bond acceptors (Lipinski definition) is 3. The van der Waals surface area contributed by atoms with Crippen molar-refractivity contribution in [2.24, 2.45) is 0 Å². The number of amides is 1. The summed E-state index contributed by atoms with van der Waals surface area (Å²) in [7, 11) is 0. The van der Waals surface area contributed by atoms with E-state index in [1.54, 1.807) is 0 Å². The number of rotatable bonds is 6. The molecule has 1 amide bonds. The molecular formula is C20H29ClN4O. The molecule has 6 heteroatoms. The lowest BCUT2D eigenvalue weighted by Gasteiger charge is -2.22. The van der Waals surface area contributed by atoms with Crippen LogP contribution in [0.4, 0.5) is 5.69 Å². The fraction of sp³-hybridized carbons (Fsp3) is 0.500. The molecule has 1 fully saturated rings. The van der Waals surface area contributed by atoms with E-state index in [1.165, 1.54) is 18.5 Å². The van der Waals surface area contributed by atoms with E-state index < -0.39 is 0 Å². The second-order valence-electron chi connectivity index (χ2n) is 7.70. The minimum Gasteiger partial charge on any atom is -0.320 e. The SMILES string of the molecule is CCNCc1ccccc1NC(=O)c1cc(C2CC2)n(C(C)(C)C)n1.Cl. The molecule has 0 bridgehead atoms. The molecule has 142 valence electrons. The van der Waals surface area contributed by atoms with Gasteiger partial charge >= 0.3 is 0 Å². The van der Waals surface area contributed by atoms with Gasteiger partial charge in [0.2, 0.25) is 0 Å². The first-order valence-corrected chi connectivity index (χ1v) is 9.10. The van der Waals surface area contributed by atoms with Crippen molar-refractivity contribution < 1.29 is 4.79 Å². The van der Waals surface area contributed by atoms with Gasteiger partial charge in [0.15, 0.2) is 5.69 Å².